The normalized spacial score (nSPS) is 17.8. The quantitative estimate of drug-likeness (QED) is 0.114. The maximum atomic E-state index is 15.1. The predicted octanol–water partition coefficient (Wildman–Crippen LogP) is 6.00. The van der Waals surface area contributed by atoms with Gasteiger partial charge in [-0.15, -0.1) is 0 Å². The summed E-state index contributed by atoms with van der Waals surface area (Å²) in [5, 5.41) is 15.1. The van der Waals surface area contributed by atoms with E-state index in [0.29, 0.717) is 39.9 Å². The minimum atomic E-state index is -0.510. The molecule has 2 aromatic heterocycles. The molecular formula is C32H39ClFN7O. The van der Waals surface area contributed by atoms with Gasteiger partial charge in [-0.25, -0.2) is 9.18 Å². The van der Waals surface area contributed by atoms with Crippen LogP contribution in [0.3, 0.4) is 0 Å². The van der Waals surface area contributed by atoms with Crippen LogP contribution < -0.4 is 22.1 Å². The third kappa shape index (κ3) is 7.09. The third-order valence-corrected chi connectivity index (χ3v) is 8.23. The highest BCUT2D eigenvalue weighted by Crippen LogP contribution is 2.32. The highest BCUT2D eigenvalue weighted by molar-refractivity contribution is 6.31. The number of hydrogen-bond acceptors (Lipinski definition) is 5. The van der Waals surface area contributed by atoms with E-state index in [2.05, 4.69) is 32.7 Å². The number of hydrogen-bond donors (Lipinski definition) is 5. The Morgan fingerprint density at radius 1 is 1.26 bits per heavy atom. The number of benzene rings is 2. The first-order valence-electron chi connectivity index (χ1n) is 14.7. The summed E-state index contributed by atoms with van der Waals surface area (Å²) in [4.78, 5) is 20.4. The molecule has 1 fully saturated rings. The molecule has 0 bridgehead atoms. The van der Waals surface area contributed by atoms with Gasteiger partial charge in [0.2, 0.25) is 0 Å². The second-order valence-corrected chi connectivity index (χ2v) is 11.9. The topological polar surface area (TPSA) is 125 Å². The van der Waals surface area contributed by atoms with Crippen molar-refractivity contribution in [2.75, 3.05) is 6.54 Å². The molecule has 10 heteroatoms. The third-order valence-electron chi connectivity index (χ3n) is 7.95. The summed E-state index contributed by atoms with van der Waals surface area (Å²) in [5.74, 6) is -0.0177. The molecule has 42 heavy (non-hydrogen) atoms. The Labute approximate surface area is 250 Å². The Kier molecular flexibility index (Phi) is 9.40. The van der Waals surface area contributed by atoms with Crippen LogP contribution in [0.25, 0.3) is 28.0 Å². The molecule has 0 saturated carbocycles. The summed E-state index contributed by atoms with van der Waals surface area (Å²) < 4.78 is 16.6. The zero-order valence-electron chi connectivity index (χ0n) is 24.1. The van der Waals surface area contributed by atoms with Gasteiger partial charge in [-0.05, 0) is 93.8 Å². The lowest BCUT2D eigenvalue weighted by Crippen LogP contribution is -2.39. The van der Waals surface area contributed by atoms with Crippen LogP contribution in [-0.4, -0.2) is 39.0 Å². The van der Waals surface area contributed by atoms with Crippen LogP contribution >= 0.6 is 11.6 Å². The lowest BCUT2D eigenvalue weighted by atomic mass is 9.92. The van der Waals surface area contributed by atoms with Crippen molar-refractivity contribution in [3.8, 4) is 16.9 Å². The number of nitrogens with two attached hydrogens (primary N) is 1. The van der Waals surface area contributed by atoms with Crippen LogP contribution in [0.4, 0.5) is 4.39 Å². The van der Waals surface area contributed by atoms with Crippen molar-refractivity contribution < 1.29 is 4.39 Å². The number of amidine groups is 1. The summed E-state index contributed by atoms with van der Waals surface area (Å²) in [7, 11) is 0. The van der Waals surface area contributed by atoms with Gasteiger partial charge < -0.3 is 21.4 Å². The van der Waals surface area contributed by atoms with E-state index in [0.717, 1.165) is 57.1 Å². The number of piperidine rings is 1. The highest BCUT2D eigenvalue weighted by Gasteiger charge is 2.22. The van der Waals surface area contributed by atoms with Crippen molar-refractivity contribution >= 4 is 28.5 Å². The van der Waals surface area contributed by atoms with Crippen molar-refractivity contribution in [3.63, 3.8) is 0 Å². The maximum Gasteiger partial charge on any atom is 0.354 e. The number of aromatic amines is 1. The van der Waals surface area contributed by atoms with E-state index < -0.39 is 11.5 Å². The van der Waals surface area contributed by atoms with Crippen LogP contribution in [0.5, 0.6) is 0 Å². The van der Waals surface area contributed by atoms with Gasteiger partial charge in [0.05, 0.1) is 22.2 Å². The summed E-state index contributed by atoms with van der Waals surface area (Å²) in [6.07, 6.45) is 8.53. The summed E-state index contributed by atoms with van der Waals surface area (Å²) in [6.45, 7) is 4.52. The molecule has 3 atom stereocenters. The molecule has 4 aromatic rings. The van der Waals surface area contributed by atoms with Crippen molar-refractivity contribution in [3.05, 3.63) is 81.1 Å². The number of H-pyrrole nitrogens is 1. The standard InChI is InChI=1S/C32H39ClFN7O/c1-19(35)5-3-6-21-15-26(30(34)27(33)16-21)29-17-23-18-41(32(42)40-31(23)39-29)25-11-9-22(10-12-25)28-8-4-7-24(38-28)13-14-37-20(2)36/h9-12,15-19,24,28,38H,3-8,13-14,35H2,1-2H3,(H2,36,37)(H,39,40,42)/t19-,24-,28-/m0/s1. The van der Waals surface area contributed by atoms with Crippen molar-refractivity contribution in [2.24, 2.45) is 5.73 Å². The first kappa shape index (κ1) is 29.9. The largest absolute Gasteiger partial charge is 0.374 e. The first-order valence-corrected chi connectivity index (χ1v) is 15.1. The molecule has 8 nitrogen and oxygen atoms in total. The number of fused-ring (bicyclic) bond motifs is 1. The predicted molar refractivity (Wildman–Crippen MR) is 168 cm³/mol. The van der Waals surface area contributed by atoms with Gasteiger partial charge in [0.15, 0.2) is 5.82 Å². The molecule has 1 saturated heterocycles. The zero-order valence-corrected chi connectivity index (χ0v) is 24.9. The summed E-state index contributed by atoms with van der Waals surface area (Å²) in [5.41, 5.74) is 9.54. The molecule has 0 spiro atoms. The molecule has 1 aliphatic rings. The smallest absolute Gasteiger partial charge is 0.354 e. The van der Waals surface area contributed by atoms with Gasteiger partial charge in [-0.2, -0.15) is 4.98 Å². The van der Waals surface area contributed by atoms with Crippen molar-refractivity contribution in [2.45, 2.75) is 76.9 Å². The Hall–Kier alpha value is -3.53. The fourth-order valence-electron chi connectivity index (χ4n) is 5.75. The Balaban J connectivity index is 1.35. The molecule has 0 amide bonds. The molecule has 6 N–H and O–H groups in total. The Morgan fingerprint density at radius 2 is 2.05 bits per heavy atom. The van der Waals surface area contributed by atoms with Gasteiger partial charge in [-0.3, -0.25) is 9.98 Å². The second-order valence-electron chi connectivity index (χ2n) is 11.5. The van der Waals surface area contributed by atoms with Gasteiger partial charge in [0.1, 0.15) is 5.65 Å². The van der Waals surface area contributed by atoms with E-state index in [4.69, 9.17) is 22.7 Å². The lowest BCUT2D eigenvalue weighted by Gasteiger charge is -2.31. The Bertz CT molecular complexity index is 1610. The van der Waals surface area contributed by atoms with Crippen LogP contribution in [0, 0.1) is 11.2 Å². The molecule has 0 unspecified atom stereocenters. The zero-order chi connectivity index (χ0) is 29.8. The minimum Gasteiger partial charge on any atom is -0.374 e. The SMILES string of the molecule is CC(=N)NCC[C@@H]1CCC[C@@H](c2ccc(-n3cc4cc(-c5cc(CCC[C@H](C)N)cc(Cl)c5F)[nH]c4nc3=O)cc2)N1. The number of aromatic nitrogens is 3. The average molecular weight is 592 g/mol. The van der Waals surface area contributed by atoms with Gasteiger partial charge >= 0.3 is 5.69 Å². The van der Waals surface area contributed by atoms with Crippen LogP contribution in [-0.2, 0) is 6.42 Å². The van der Waals surface area contributed by atoms with E-state index in [1.807, 2.05) is 19.1 Å². The number of nitrogens with one attached hydrogen (secondary N) is 4. The fraction of sp³-hybridized carbons (Fsp3) is 0.406. The molecule has 2 aromatic carbocycles. The van der Waals surface area contributed by atoms with E-state index in [1.54, 1.807) is 31.3 Å². The van der Waals surface area contributed by atoms with Gasteiger partial charge in [0.25, 0.3) is 0 Å². The molecular weight excluding hydrogens is 553 g/mol. The number of rotatable bonds is 10. The van der Waals surface area contributed by atoms with Crippen LogP contribution in [0.2, 0.25) is 5.02 Å². The molecule has 0 radical (unpaired) electrons. The molecule has 5 rings (SSSR count). The van der Waals surface area contributed by atoms with Gasteiger partial charge in [0, 0.05) is 41.8 Å². The van der Waals surface area contributed by atoms with E-state index in [9.17, 15) is 4.79 Å². The average Bonchev–Trinajstić information content (AvgIpc) is 3.37. The van der Waals surface area contributed by atoms with E-state index in [-0.39, 0.29) is 17.1 Å². The van der Waals surface area contributed by atoms with Gasteiger partial charge in [-0.1, -0.05) is 30.2 Å². The molecule has 3 heterocycles. The first-order chi connectivity index (χ1) is 20.2. The van der Waals surface area contributed by atoms with Crippen molar-refractivity contribution in [1.29, 1.82) is 5.41 Å². The summed E-state index contributed by atoms with van der Waals surface area (Å²) in [6, 6.07) is 14.0. The summed E-state index contributed by atoms with van der Waals surface area (Å²) >= 11 is 6.25. The monoisotopic (exact) mass is 591 g/mol. The fourth-order valence-corrected chi connectivity index (χ4v) is 5.99. The van der Waals surface area contributed by atoms with E-state index >= 15 is 4.39 Å². The highest BCUT2D eigenvalue weighted by atomic mass is 35.5. The molecule has 222 valence electrons. The van der Waals surface area contributed by atoms with Crippen LogP contribution in [0.15, 0.2) is 53.5 Å². The van der Waals surface area contributed by atoms with Crippen molar-refractivity contribution in [1.82, 2.24) is 25.2 Å². The molecule has 1 aliphatic heterocycles. The number of nitrogens with zero attached hydrogens (tertiary/aromatic N) is 2. The minimum absolute atomic E-state index is 0.0616. The number of halogens is 2. The Morgan fingerprint density at radius 3 is 2.79 bits per heavy atom. The number of aryl methyl sites for hydroxylation is 1. The molecule has 0 aliphatic carbocycles. The second kappa shape index (κ2) is 13.2. The maximum absolute atomic E-state index is 15.1. The lowest BCUT2D eigenvalue weighted by molar-refractivity contribution is 0.312. The van der Waals surface area contributed by atoms with E-state index in [1.165, 1.54) is 10.1 Å². The van der Waals surface area contributed by atoms with Crippen LogP contribution in [0.1, 0.15) is 69.5 Å².